The summed E-state index contributed by atoms with van der Waals surface area (Å²) in [5.41, 5.74) is 5.80. The molecule has 13 nitrogen and oxygen atoms in total. The summed E-state index contributed by atoms with van der Waals surface area (Å²) in [4.78, 5) is 53.7. The van der Waals surface area contributed by atoms with Crippen molar-refractivity contribution >= 4 is 23.7 Å². The Balaban J connectivity index is 2.64. The van der Waals surface area contributed by atoms with Gasteiger partial charge in [-0.15, -0.1) is 0 Å². The maximum Gasteiger partial charge on any atom is 0.326 e. The zero-order valence-corrected chi connectivity index (χ0v) is 15.1. The summed E-state index contributed by atoms with van der Waals surface area (Å²) in [5, 5.41) is 34.0. The van der Waals surface area contributed by atoms with Gasteiger partial charge in [0.2, 0.25) is 17.7 Å². The molecule has 0 aliphatic heterocycles. The van der Waals surface area contributed by atoms with Crippen LogP contribution in [0.25, 0.3) is 0 Å². The van der Waals surface area contributed by atoms with Gasteiger partial charge < -0.3 is 42.0 Å². The molecule has 0 aliphatic rings. The van der Waals surface area contributed by atoms with Crippen LogP contribution < -0.4 is 21.7 Å². The van der Waals surface area contributed by atoms with Crippen molar-refractivity contribution in [1.82, 2.24) is 25.9 Å². The summed E-state index contributed by atoms with van der Waals surface area (Å²) >= 11 is 0. The Labute approximate surface area is 159 Å². The first-order chi connectivity index (χ1) is 13.2. The number of aliphatic hydroxyl groups excluding tert-OH is 2. The molecule has 1 aromatic heterocycles. The highest BCUT2D eigenvalue weighted by molar-refractivity contribution is 5.94. The fraction of sp³-hybridized carbons (Fsp3) is 0.533. The Morgan fingerprint density at radius 2 is 1.71 bits per heavy atom. The number of carboxylic acids is 1. The number of carbonyl (C=O) groups is 4. The lowest BCUT2D eigenvalue weighted by molar-refractivity contribution is -0.142. The number of imidazole rings is 1. The number of aromatic amines is 1. The highest BCUT2D eigenvalue weighted by Crippen LogP contribution is 2.00. The predicted molar refractivity (Wildman–Crippen MR) is 93.5 cm³/mol. The normalized spacial score (nSPS) is 15.0. The maximum absolute atomic E-state index is 12.2. The first kappa shape index (κ1) is 23.0. The van der Waals surface area contributed by atoms with Gasteiger partial charge in [-0.05, 0) is 6.92 Å². The molecule has 13 heteroatoms. The highest BCUT2D eigenvalue weighted by atomic mass is 16.4. The minimum atomic E-state index is -1.40. The zero-order valence-electron chi connectivity index (χ0n) is 15.1. The Bertz CT molecular complexity index is 680. The van der Waals surface area contributed by atoms with Crippen LogP contribution in [0.5, 0.6) is 0 Å². The van der Waals surface area contributed by atoms with Crippen molar-refractivity contribution in [1.29, 1.82) is 0 Å². The van der Waals surface area contributed by atoms with Crippen LogP contribution >= 0.6 is 0 Å². The summed E-state index contributed by atoms with van der Waals surface area (Å²) in [6.45, 7) is -0.128. The first-order valence-electron chi connectivity index (χ1n) is 8.28. The van der Waals surface area contributed by atoms with Crippen molar-refractivity contribution in [3.8, 4) is 0 Å². The average molecular weight is 400 g/mol. The van der Waals surface area contributed by atoms with E-state index in [-0.39, 0.29) is 6.42 Å². The fourth-order valence-electron chi connectivity index (χ4n) is 2.05. The number of hydrogen-bond acceptors (Lipinski definition) is 8. The summed E-state index contributed by atoms with van der Waals surface area (Å²) < 4.78 is 0. The number of carboxylic acid groups (broad SMARTS) is 1. The van der Waals surface area contributed by atoms with E-state index in [4.69, 9.17) is 10.8 Å². The van der Waals surface area contributed by atoms with E-state index in [2.05, 4.69) is 25.9 Å². The SMILES string of the molecule is CC(NC(=O)C(CO)NC(=O)C(N)CO)C(=O)NC(Cc1cnc[nH]1)C(=O)O. The summed E-state index contributed by atoms with van der Waals surface area (Å²) in [5.74, 6) is -3.81. The smallest absolute Gasteiger partial charge is 0.326 e. The molecule has 0 aromatic carbocycles. The summed E-state index contributed by atoms with van der Waals surface area (Å²) in [6, 6.07) is -5.10. The number of nitrogens with zero attached hydrogens (tertiary/aromatic N) is 1. The molecule has 156 valence electrons. The number of aliphatic hydroxyl groups is 2. The highest BCUT2D eigenvalue weighted by Gasteiger charge is 2.28. The number of nitrogens with two attached hydrogens (primary N) is 1. The van der Waals surface area contributed by atoms with Crippen LogP contribution in [0.4, 0.5) is 0 Å². The number of amides is 3. The Kier molecular flexibility index (Phi) is 9.01. The van der Waals surface area contributed by atoms with E-state index in [1.54, 1.807) is 0 Å². The molecule has 0 saturated heterocycles. The van der Waals surface area contributed by atoms with Gasteiger partial charge in [0, 0.05) is 18.3 Å². The molecule has 0 radical (unpaired) electrons. The number of nitrogens with one attached hydrogen (secondary N) is 4. The minimum Gasteiger partial charge on any atom is -0.480 e. The predicted octanol–water partition coefficient (Wildman–Crippen LogP) is -4.18. The average Bonchev–Trinajstić information content (AvgIpc) is 3.17. The van der Waals surface area contributed by atoms with E-state index in [9.17, 15) is 29.4 Å². The molecule has 1 aromatic rings. The van der Waals surface area contributed by atoms with Gasteiger partial charge in [-0.3, -0.25) is 14.4 Å². The number of aromatic nitrogens is 2. The van der Waals surface area contributed by atoms with Crippen molar-refractivity contribution in [3.05, 3.63) is 18.2 Å². The van der Waals surface area contributed by atoms with Gasteiger partial charge in [-0.25, -0.2) is 9.78 Å². The second kappa shape index (κ2) is 11.0. The summed E-state index contributed by atoms with van der Waals surface area (Å²) in [6.07, 6.45) is 2.74. The minimum absolute atomic E-state index is 0.0455. The molecule has 3 amide bonds. The third kappa shape index (κ3) is 6.94. The van der Waals surface area contributed by atoms with Crippen LogP contribution in [0.15, 0.2) is 12.5 Å². The second-order valence-electron chi connectivity index (χ2n) is 5.94. The number of aliphatic carboxylic acids is 1. The second-order valence-corrected chi connectivity index (χ2v) is 5.94. The number of carbonyl (C=O) groups excluding carboxylic acids is 3. The number of rotatable bonds is 11. The molecule has 28 heavy (non-hydrogen) atoms. The molecule has 1 heterocycles. The third-order valence-corrected chi connectivity index (χ3v) is 3.69. The van der Waals surface area contributed by atoms with E-state index >= 15 is 0 Å². The van der Waals surface area contributed by atoms with E-state index in [0.29, 0.717) is 5.69 Å². The van der Waals surface area contributed by atoms with Gasteiger partial charge in [0.05, 0.1) is 19.5 Å². The van der Waals surface area contributed by atoms with Crippen molar-refractivity contribution in [2.24, 2.45) is 5.73 Å². The van der Waals surface area contributed by atoms with Crippen LogP contribution in [0, 0.1) is 0 Å². The van der Waals surface area contributed by atoms with Crippen LogP contribution in [0.3, 0.4) is 0 Å². The molecule has 0 saturated carbocycles. The lowest BCUT2D eigenvalue weighted by atomic mass is 10.1. The van der Waals surface area contributed by atoms with Gasteiger partial charge in [0.1, 0.15) is 24.2 Å². The molecule has 4 unspecified atom stereocenters. The van der Waals surface area contributed by atoms with Gasteiger partial charge in [0.25, 0.3) is 0 Å². The fourth-order valence-corrected chi connectivity index (χ4v) is 2.05. The lowest BCUT2D eigenvalue weighted by Gasteiger charge is -2.22. The van der Waals surface area contributed by atoms with E-state index in [1.807, 2.05) is 0 Å². The van der Waals surface area contributed by atoms with Crippen LogP contribution in [-0.4, -0.2) is 86.4 Å². The van der Waals surface area contributed by atoms with Crippen LogP contribution in [0.1, 0.15) is 12.6 Å². The van der Waals surface area contributed by atoms with Crippen molar-refractivity contribution in [2.45, 2.75) is 37.5 Å². The molecule has 0 fully saturated rings. The molecule has 1 rings (SSSR count). The van der Waals surface area contributed by atoms with Crippen molar-refractivity contribution < 1.29 is 34.5 Å². The van der Waals surface area contributed by atoms with Gasteiger partial charge >= 0.3 is 5.97 Å². The Hall–Kier alpha value is -3.03. The molecule has 4 atom stereocenters. The van der Waals surface area contributed by atoms with E-state index < -0.39 is 61.1 Å². The third-order valence-electron chi connectivity index (χ3n) is 3.69. The largest absolute Gasteiger partial charge is 0.480 e. The number of hydrogen-bond donors (Lipinski definition) is 8. The zero-order chi connectivity index (χ0) is 21.3. The molecule has 9 N–H and O–H groups in total. The standard InChI is InChI=1S/C15H24N6O7/c1-7(19-14(26)11(5-23)21-13(25)9(16)4-22)12(24)20-10(15(27)28)2-8-3-17-6-18-8/h3,6-7,9-11,22-23H,2,4-5,16H2,1H3,(H,17,18)(H,19,26)(H,20,24)(H,21,25)(H,27,28). The maximum atomic E-state index is 12.2. The van der Waals surface area contributed by atoms with E-state index in [1.165, 1.54) is 19.4 Å². The van der Waals surface area contributed by atoms with Crippen molar-refractivity contribution in [3.63, 3.8) is 0 Å². The summed E-state index contributed by atoms with van der Waals surface area (Å²) in [7, 11) is 0. The molecular weight excluding hydrogens is 376 g/mol. The number of H-pyrrole nitrogens is 1. The quantitative estimate of drug-likeness (QED) is 0.180. The van der Waals surface area contributed by atoms with Gasteiger partial charge in [-0.1, -0.05) is 0 Å². The topological polar surface area (TPSA) is 220 Å². The van der Waals surface area contributed by atoms with Crippen LogP contribution in [-0.2, 0) is 25.6 Å². The van der Waals surface area contributed by atoms with Gasteiger partial charge in [-0.2, -0.15) is 0 Å². The van der Waals surface area contributed by atoms with Crippen molar-refractivity contribution in [2.75, 3.05) is 13.2 Å². The lowest BCUT2D eigenvalue weighted by Crippen LogP contribution is -2.57. The van der Waals surface area contributed by atoms with Gasteiger partial charge in [0.15, 0.2) is 0 Å². The Morgan fingerprint density at radius 3 is 2.21 bits per heavy atom. The van der Waals surface area contributed by atoms with Crippen LogP contribution in [0.2, 0.25) is 0 Å². The molecule has 0 bridgehead atoms. The first-order valence-corrected chi connectivity index (χ1v) is 8.28. The monoisotopic (exact) mass is 400 g/mol. The Morgan fingerprint density at radius 1 is 1.07 bits per heavy atom. The molecular formula is C15H24N6O7. The van der Waals surface area contributed by atoms with E-state index in [0.717, 1.165) is 0 Å². The molecule has 0 aliphatic carbocycles. The molecule has 0 spiro atoms.